The Morgan fingerprint density at radius 2 is 2.19 bits per heavy atom. The fraction of sp³-hybridized carbons (Fsp3) is 0.333. The molecule has 2 N–H and O–H groups in total. The zero-order chi connectivity index (χ0) is 13.8. The highest BCUT2D eigenvalue weighted by Gasteiger charge is 2.17. The number of oxazole rings is 1. The van der Waals surface area contributed by atoms with Gasteiger partial charge >= 0.3 is 0 Å². The van der Waals surface area contributed by atoms with Crippen LogP contribution in [-0.2, 0) is 0 Å². The van der Waals surface area contributed by atoms with Crippen LogP contribution in [-0.4, -0.2) is 30.0 Å². The van der Waals surface area contributed by atoms with Crippen LogP contribution in [0.25, 0.3) is 11.5 Å². The van der Waals surface area contributed by atoms with Crippen molar-refractivity contribution in [2.45, 2.75) is 18.9 Å². The summed E-state index contributed by atoms with van der Waals surface area (Å²) in [5, 5.41) is 6.22. The fourth-order valence-corrected chi connectivity index (χ4v) is 2.33. The van der Waals surface area contributed by atoms with Crippen molar-refractivity contribution in [1.82, 2.24) is 15.6 Å². The summed E-state index contributed by atoms with van der Waals surface area (Å²) in [6.45, 7) is 1.66. The van der Waals surface area contributed by atoms with Crippen molar-refractivity contribution >= 4 is 18.3 Å². The van der Waals surface area contributed by atoms with Gasteiger partial charge in [0.05, 0.1) is 0 Å². The summed E-state index contributed by atoms with van der Waals surface area (Å²) < 4.78 is 5.36. The van der Waals surface area contributed by atoms with Gasteiger partial charge in [0.25, 0.3) is 5.91 Å². The normalized spacial score (nSPS) is 17.2. The van der Waals surface area contributed by atoms with Crippen molar-refractivity contribution in [3.63, 3.8) is 0 Å². The molecule has 2 aromatic rings. The molecule has 0 spiro atoms. The van der Waals surface area contributed by atoms with E-state index >= 15 is 0 Å². The molecule has 112 valence electrons. The summed E-state index contributed by atoms with van der Waals surface area (Å²) in [6.07, 6.45) is 3.68. The molecular formula is C15H18ClN3O2. The Balaban J connectivity index is 0.00000161. The van der Waals surface area contributed by atoms with Gasteiger partial charge in [-0.2, -0.15) is 0 Å². The molecule has 1 fully saturated rings. The number of amides is 1. The quantitative estimate of drug-likeness (QED) is 0.909. The van der Waals surface area contributed by atoms with E-state index in [0.717, 1.165) is 18.5 Å². The number of halogens is 1. The Bertz CT molecular complexity index is 580. The second-order valence-electron chi connectivity index (χ2n) is 4.91. The molecule has 6 heteroatoms. The lowest BCUT2D eigenvalue weighted by molar-refractivity contribution is 0.0945. The summed E-state index contributed by atoms with van der Waals surface area (Å²) in [5.41, 5.74) is 1.19. The zero-order valence-corrected chi connectivity index (χ0v) is 12.4. The molecule has 1 aromatic heterocycles. The lowest BCUT2D eigenvalue weighted by Crippen LogP contribution is -2.37. The van der Waals surface area contributed by atoms with Crippen LogP contribution in [0.4, 0.5) is 0 Å². The van der Waals surface area contributed by atoms with Crippen LogP contribution in [0.5, 0.6) is 0 Å². The van der Waals surface area contributed by atoms with E-state index in [0.29, 0.717) is 24.2 Å². The number of carbonyl (C=O) groups is 1. The van der Waals surface area contributed by atoms with Gasteiger partial charge in [-0.3, -0.25) is 4.79 Å². The van der Waals surface area contributed by atoms with Crippen LogP contribution in [0.2, 0.25) is 0 Å². The van der Waals surface area contributed by atoms with Crippen molar-refractivity contribution < 1.29 is 9.21 Å². The highest BCUT2D eigenvalue weighted by molar-refractivity contribution is 5.92. The Labute approximate surface area is 129 Å². The monoisotopic (exact) mass is 307 g/mol. The molecule has 1 aromatic carbocycles. The first-order chi connectivity index (χ1) is 9.83. The van der Waals surface area contributed by atoms with Crippen LogP contribution in [0.15, 0.2) is 41.0 Å². The molecule has 1 saturated heterocycles. The van der Waals surface area contributed by atoms with Crippen LogP contribution in [0.3, 0.4) is 0 Å². The molecule has 1 aliphatic heterocycles. The van der Waals surface area contributed by atoms with Gasteiger partial charge in [0.15, 0.2) is 5.69 Å². The van der Waals surface area contributed by atoms with E-state index in [9.17, 15) is 4.79 Å². The van der Waals surface area contributed by atoms with Crippen molar-refractivity contribution in [3.05, 3.63) is 42.3 Å². The molecule has 1 amide bonds. The summed E-state index contributed by atoms with van der Waals surface area (Å²) in [5.74, 6) is 0.277. The molecule has 1 aliphatic rings. The summed E-state index contributed by atoms with van der Waals surface area (Å²) in [4.78, 5) is 16.2. The van der Waals surface area contributed by atoms with Crippen molar-refractivity contribution in [3.8, 4) is 11.5 Å². The number of benzene rings is 1. The highest BCUT2D eigenvalue weighted by atomic mass is 35.5. The van der Waals surface area contributed by atoms with E-state index in [1.807, 2.05) is 30.3 Å². The van der Waals surface area contributed by atoms with E-state index in [1.54, 1.807) is 0 Å². The SMILES string of the molecule is Cl.O=C(NCC1CCCN1)c1coc(-c2ccccc2)n1. The first kappa shape index (κ1) is 15.5. The number of nitrogens with zero attached hydrogens (tertiary/aromatic N) is 1. The number of hydrogen-bond donors (Lipinski definition) is 2. The van der Waals surface area contributed by atoms with Gasteiger partial charge in [-0.1, -0.05) is 18.2 Å². The third-order valence-electron chi connectivity index (χ3n) is 3.43. The molecule has 0 bridgehead atoms. The Kier molecular flexibility index (Phi) is 5.36. The van der Waals surface area contributed by atoms with Crippen molar-refractivity contribution in [1.29, 1.82) is 0 Å². The third-order valence-corrected chi connectivity index (χ3v) is 3.43. The zero-order valence-electron chi connectivity index (χ0n) is 11.5. The van der Waals surface area contributed by atoms with Crippen LogP contribution >= 0.6 is 12.4 Å². The molecule has 0 radical (unpaired) electrons. The molecule has 0 aliphatic carbocycles. The third kappa shape index (κ3) is 3.83. The van der Waals surface area contributed by atoms with Gasteiger partial charge in [-0.25, -0.2) is 4.98 Å². The molecule has 1 unspecified atom stereocenters. The molecular weight excluding hydrogens is 290 g/mol. The maximum Gasteiger partial charge on any atom is 0.273 e. The predicted molar refractivity (Wildman–Crippen MR) is 82.5 cm³/mol. The number of rotatable bonds is 4. The van der Waals surface area contributed by atoms with Gasteiger partial charge in [0.1, 0.15) is 6.26 Å². The molecule has 3 rings (SSSR count). The molecule has 0 saturated carbocycles. The van der Waals surface area contributed by atoms with Crippen LogP contribution in [0, 0.1) is 0 Å². The first-order valence-corrected chi connectivity index (χ1v) is 6.85. The molecule has 5 nitrogen and oxygen atoms in total. The van der Waals surface area contributed by atoms with Gasteiger partial charge in [-0.05, 0) is 31.5 Å². The lowest BCUT2D eigenvalue weighted by Gasteiger charge is -2.09. The maximum atomic E-state index is 12.0. The van der Waals surface area contributed by atoms with Crippen LogP contribution < -0.4 is 10.6 Å². The van der Waals surface area contributed by atoms with E-state index in [2.05, 4.69) is 15.6 Å². The van der Waals surface area contributed by atoms with E-state index in [1.165, 1.54) is 12.7 Å². The van der Waals surface area contributed by atoms with E-state index < -0.39 is 0 Å². The molecule has 1 atom stereocenters. The largest absolute Gasteiger partial charge is 0.444 e. The standard InChI is InChI=1S/C15H17N3O2.ClH/c19-14(17-9-12-7-4-8-16-12)13-10-20-15(18-13)11-5-2-1-3-6-11;/h1-3,5-6,10,12,16H,4,7-9H2,(H,17,19);1H. The van der Waals surface area contributed by atoms with E-state index in [4.69, 9.17) is 4.42 Å². The minimum atomic E-state index is -0.190. The minimum Gasteiger partial charge on any atom is -0.444 e. The number of carbonyl (C=O) groups excluding carboxylic acids is 1. The number of hydrogen-bond acceptors (Lipinski definition) is 4. The summed E-state index contributed by atoms with van der Waals surface area (Å²) >= 11 is 0. The number of aromatic nitrogens is 1. The van der Waals surface area contributed by atoms with Gasteiger partial charge in [0, 0.05) is 18.2 Å². The topological polar surface area (TPSA) is 67.2 Å². The molecule has 21 heavy (non-hydrogen) atoms. The average molecular weight is 308 g/mol. The number of nitrogens with one attached hydrogen (secondary N) is 2. The smallest absolute Gasteiger partial charge is 0.273 e. The first-order valence-electron chi connectivity index (χ1n) is 6.85. The van der Waals surface area contributed by atoms with Gasteiger partial charge in [-0.15, -0.1) is 12.4 Å². The Hall–Kier alpha value is -1.85. The summed E-state index contributed by atoms with van der Waals surface area (Å²) in [7, 11) is 0. The Morgan fingerprint density at radius 3 is 2.90 bits per heavy atom. The second-order valence-corrected chi connectivity index (χ2v) is 4.91. The van der Waals surface area contributed by atoms with Crippen molar-refractivity contribution in [2.24, 2.45) is 0 Å². The highest BCUT2D eigenvalue weighted by Crippen LogP contribution is 2.17. The maximum absolute atomic E-state index is 12.0. The average Bonchev–Trinajstić information content (AvgIpc) is 3.17. The lowest BCUT2D eigenvalue weighted by atomic mass is 10.2. The second kappa shape index (κ2) is 7.24. The van der Waals surface area contributed by atoms with Crippen LogP contribution in [0.1, 0.15) is 23.3 Å². The van der Waals surface area contributed by atoms with E-state index in [-0.39, 0.29) is 18.3 Å². The summed E-state index contributed by atoms with van der Waals surface area (Å²) in [6, 6.07) is 9.91. The van der Waals surface area contributed by atoms with Crippen molar-refractivity contribution in [2.75, 3.05) is 13.1 Å². The predicted octanol–water partition coefficient (Wildman–Crippen LogP) is 2.25. The Morgan fingerprint density at radius 1 is 1.38 bits per heavy atom. The van der Waals surface area contributed by atoms with Gasteiger partial charge < -0.3 is 15.1 Å². The van der Waals surface area contributed by atoms with Gasteiger partial charge in [0.2, 0.25) is 5.89 Å². The molecule has 2 heterocycles. The fourth-order valence-electron chi connectivity index (χ4n) is 2.33. The minimum absolute atomic E-state index is 0.